The lowest BCUT2D eigenvalue weighted by atomic mass is 9.78. The van der Waals surface area contributed by atoms with Crippen molar-refractivity contribution in [3.05, 3.63) is 29.3 Å². The summed E-state index contributed by atoms with van der Waals surface area (Å²) in [6.45, 7) is 5.50. The van der Waals surface area contributed by atoms with E-state index in [0.717, 1.165) is 24.1 Å². The molecule has 1 aromatic carbocycles. The number of likely N-dealkylation sites (tertiary alicyclic amines) is 1. The fourth-order valence-electron chi connectivity index (χ4n) is 3.96. The number of fused-ring (bicyclic) bond motifs is 1. The summed E-state index contributed by atoms with van der Waals surface area (Å²) in [6, 6.07) is 6.98. The zero-order chi connectivity index (χ0) is 14.1. The van der Waals surface area contributed by atoms with Gasteiger partial charge in [0.05, 0.1) is 7.11 Å². The van der Waals surface area contributed by atoms with Crippen molar-refractivity contribution in [3.8, 4) is 5.75 Å². The van der Waals surface area contributed by atoms with Gasteiger partial charge in [-0.2, -0.15) is 0 Å². The molecule has 2 fully saturated rings. The highest BCUT2D eigenvalue weighted by Crippen LogP contribution is 2.36. The van der Waals surface area contributed by atoms with Gasteiger partial charge in [0.2, 0.25) is 0 Å². The first kappa shape index (κ1) is 16.6. The van der Waals surface area contributed by atoms with Gasteiger partial charge in [0.1, 0.15) is 5.75 Å². The molecule has 1 aromatic rings. The Labute approximate surface area is 134 Å². The van der Waals surface area contributed by atoms with Gasteiger partial charge in [0.25, 0.3) is 0 Å². The third-order valence-electron chi connectivity index (χ3n) is 5.11. The Morgan fingerprint density at radius 3 is 2.81 bits per heavy atom. The van der Waals surface area contributed by atoms with E-state index < -0.39 is 0 Å². The molecule has 1 aliphatic carbocycles. The maximum atomic E-state index is 6.29. The van der Waals surface area contributed by atoms with Crippen LogP contribution < -0.4 is 10.5 Å². The van der Waals surface area contributed by atoms with E-state index in [2.05, 4.69) is 30.0 Å². The van der Waals surface area contributed by atoms with Gasteiger partial charge in [-0.05, 0) is 48.8 Å². The molecule has 1 saturated carbocycles. The average molecular weight is 311 g/mol. The van der Waals surface area contributed by atoms with Crippen LogP contribution in [0.5, 0.6) is 5.75 Å². The molecule has 1 saturated heterocycles. The van der Waals surface area contributed by atoms with Crippen LogP contribution in [0.15, 0.2) is 18.2 Å². The molecule has 1 aliphatic heterocycles. The molecule has 3 unspecified atom stereocenters. The van der Waals surface area contributed by atoms with Crippen molar-refractivity contribution < 1.29 is 4.74 Å². The summed E-state index contributed by atoms with van der Waals surface area (Å²) in [5.41, 5.74) is 8.84. The Morgan fingerprint density at radius 1 is 1.29 bits per heavy atom. The van der Waals surface area contributed by atoms with E-state index in [9.17, 15) is 0 Å². The smallest absolute Gasteiger partial charge is 0.122 e. The first-order chi connectivity index (χ1) is 9.67. The molecule has 3 nitrogen and oxygen atoms in total. The van der Waals surface area contributed by atoms with E-state index >= 15 is 0 Å². The first-order valence-corrected chi connectivity index (χ1v) is 7.79. The summed E-state index contributed by atoms with van der Waals surface area (Å²) in [4.78, 5) is 2.57. The third-order valence-corrected chi connectivity index (χ3v) is 5.11. The number of halogens is 1. The maximum absolute atomic E-state index is 6.29. The zero-order valence-corrected chi connectivity index (χ0v) is 13.9. The van der Waals surface area contributed by atoms with Crippen molar-refractivity contribution in [1.29, 1.82) is 0 Å². The Morgan fingerprint density at radius 2 is 2.10 bits per heavy atom. The highest BCUT2D eigenvalue weighted by molar-refractivity contribution is 5.85. The minimum Gasteiger partial charge on any atom is -0.496 e. The SMILES string of the molecule is COc1cc(CN2CC3CCCC(N)C3C2)ccc1C.Cl. The summed E-state index contributed by atoms with van der Waals surface area (Å²) in [6.07, 6.45) is 3.90. The van der Waals surface area contributed by atoms with E-state index in [0.29, 0.717) is 6.04 Å². The number of methoxy groups -OCH3 is 1. The van der Waals surface area contributed by atoms with E-state index in [1.807, 2.05) is 0 Å². The molecule has 0 amide bonds. The zero-order valence-electron chi connectivity index (χ0n) is 13.0. The lowest BCUT2D eigenvalue weighted by molar-refractivity contribution is 0.259. The monoisotopic (exact) mass is 310 g/mol. The molecule has 3 atom stereocenters. The second kappa shape index (κ2) is 6.99. The molecule has 4 heteroatoms. The highest BCUT2D eigenvalue weighted by Gasteiger charge is 2.38. The predicted octanol–water partition coefficient (Wildman–Crippen LogP) is 2.98. The Kier molecular flexibility index (Phi) is 5.53. The number of ether oxygens (including phenoxy) is 1. The number of benzene rings is 1. The van der Waals surface area contributed by atoms with Crippen LogP contribution in [0, 0.1) is 18.8 Å². The topological polar surface area (TPSA) is 38.5 Å². The third kappa shape index (κ3) is 3.53. The van der Waals surface area contributed by atoms with Gasteiger partial charge in [-0.3, -0.25) is 4.90 Å². The number of nitrogens with two attached hydrogens (primary N) is 1. The van der Waals surface area contributed by atoms with Gasteiger partial charge >= 0.3 is 0 Å². The minimum atomic E-state index is 0. The van der Waals surface area contributed by atoms with Gasteiger partial charge in [-0.15, -0.1) is 12.4 Å². The summed E-state index contributed by atoms with van der Waals surface area (Å²) < 4.78 is 5.42. The molecular formula is C17H27ClN2O. The molecule has 118 valence electrons. The fraction of sp³-hybridized carbons (Fsp3) is 0.647. The van der Waals surface area contributed by atoms with Crippen LogP contribution >= 0.6 is 12.4 Å². The fourth-order valence-corrected chi connectivity index (χ4v) is 3.96. The average Bonchev–Trinajstić information content (AvgIpc) is 2.85. The summed E-state index contributed by atoms with van der Waals surface area (Å²) >= 11 is 0. The minimum absolute atomic E-state index is 0. The number of hydrogen-bond acceptors (Lipinski definition) is 3. The van der Waals surface area contributed by atoms with Crippen molar-refractivity contribution in [2.45, 2.75) is 38.8 Å². The molecule has 2 N–H and O–H groups in total. The standard InChI is InChI=1S/C17H26N2O.ClH/c1-12-6-7-13(8-17(12)20-2)9-19-10-14-4-3-5-16(18)15(14)11-19;/h6-8,14-16H,3-5,9-11,18H2,1-2H3;1H. The van der Waals surface area contributed by atoms with Crippen LogP contribution in [-0.2, 0) is 6.54 Å². The van der Waals surface area contributed by atoms with E-state index in [4.69, 9.17) is 10.5 Å². The highest BCUT2D eigenvalue weighted by atomic mass is 35.5. The largest absolute Gasteiger partial charge is 0.496 e. The van der Waals surface area contributed by atoms with Crippen LogP contribution in [0.3, 0.4) is 0 Å². The molecule has 3 rings (SSSR count). The summed E-state index contributed by atoms with van der Waals surface area (Å²) in [7, 11) is 1.75. The van der Waals surface area contributed by atoms with Gasteiger partial charge in [-0.25, -0.2) is 0 Å². The first-order valence-electron chi connectivity index (χ1n) is 7.79. The predicted molar refractivity (Wildman–Crippen MR) is 89.1 cm³/mol. The Hall–Kier alpha value is -0.770. The van der Waals surface area contributed by atoms with Crippen molar-refractivity contribution in [1.82, 2.24) is 4.90 Å². The van der Waals surface area contributed by atoms with Crippen LogP contribution in [-0.4, -0.2) is 31.1 Å². The molecule has 0 aromatic heterocycles. The van der Waals surface area contributed by atoms with Crippen LogP contribution in [0.1, 0.15) is 30.4 Å². The van der Waals surface area contributed by atoms with E-state index in [1.54, 1.807) is 7.11 Å². The lowest BCUT2D eigenvalue weighted by Crippen LogP contribution is -2.38. The molecule has 0 spiro atoms. The Balaban J connectivity index is 0.00000161. The Bertz CT molecular complexity index is 480. The molecule has 21 heavy (non-hydrogen) atoms. The summed E-state index contributed by atoms with van der Waals surface area (Å²) in [5, 5.41) is 0. The van der Waals surface area contributed by atoms with E-state index in [1.165, 1.54) is 43.5 Å². The number of hydrogen-bond donors (Lipinski definition) is 1. The summed E-state index contributed by atoms with van der Waals surface area (Å²) in [5.74, 6) is 2.54. The van der Waals surface area contributed by atoms with Crippen molar-refractivity contribution in [2.75, 3.05) is 20.2 Å². The second-order valence-electron chi connectivity index (χ2n) is 6.52. The quantitative estimate of drug-likeness (QED) is 0.933. The van der Waals surface area contributed by atoms with Gasteiger partial charge < -0.3 is 10.5 Å². The molecule has 0 radical (unpaired) electrons. The molecule has 0 bridgehead atoms. The van der Waals surface area contributed by atoms with Crippen molar-refractivity contribution in [3.63, 3.8) is 0 Å². The van der Waals surface area contributed by atoms with Gasteiger partial charge in [-0.1, -0.05) is 18.6 Å². The molecule has 2 aliphatic rings. The van der Waals surface area contributed by atoms with Gasteiger partial charge in [0, 0.05) is 25.7 Å². The lowest BCUT2D eigenvalue weighted by Gasteiger charge is -2.29. The van der Waals surface area contributed by atoms with Gasteiger partial charge in [0.15, 0.2) is 0 Å². The maximum Gasteiger partial charge on any atom is 0.122 e. The van der Waals surface area contributed by atoms with Crippen molar-refractivity contribution >= 4 is 12.4 Å². The number of nitrogens with zero attached hydrogens (tertiary/aromatic N) is 1. The number of rotatable bonds is 3. The van der Waals surface area contributed by atoms with Crippen LogP contribution in [0.25, 0.3) is 0 Å². The van der Waals surface area contributed by atoms with E-state index in [-0.39, 0.29) is 12.4 Å². The van der Waals surface area contributed by atoms with Crippen LogP contribution in [0.2, 0.25) is 0 Å². The second-order valence-corrected chi connectivity index (χ2v) is 6.52. The van der Waals surface area contributed by atoms with Crippen LogP contribution in [0.4, 0.5) is 0 Å². The molecular weight excluding hydrogens is 284 g/mol. The number of aryl methyl sites for hydroxylation is 1. The normalized spacial score (nSPS) is 28.8. The van der Waals surface area contributed by atoms with Crippen molar-refractivity contribution in [2.24, 2.45) is 17.6 Å². The molecule has 1 heterocycles.